The zero-order valence-electron chi connectivity index (χ0n) is 5.26. The maximum absolute atomic E-state index is 8.26. The van der Waals surface area contributed by atoms with Gasteiger partial charge < -0.3 is 10.1 Å². The molecule has 0 spiro atoms. The predicted octanol–water partition coefficient (Wildman–Crippen LogP) is -0.112. The van der Waals surface area contributed by atoms with E-state index in [1.54, 1.807) is 0 Å². The van der Waals surface area contributed by atoms with E-state index in [2.05, 4.69) is 11.4 Å². The molecule has 3 heteroatoms. The van der Waals surface area contributed by atoms with Crippen molar-refractivity contribution in [2.45, 2.75) is 12.5 Å². The van der Waals surface area contributed by atoms with Crippen LogP contribution in [0.25, 0.3) is 0 Å². The molecule has 50 valence electrons. The van der Waals surface area contributed by atoms with Crippen LogP contribution < -0.4 is 5.32 Å². The summed E-state index contributed by atoms with van der Waals surface area (Å²) >= 11 is 0. The van der Waals surface area contributed by atoms with E-state index in [0.29, 0.717) is 6.42 Å². The summed E-state index contributed by atoms with van der Waals surface area (Å²) in [4.78, 5) is 0. The van der Waals surface area contributed by atoms with Crippen LogP contribution in [0.1, 0.15) is 6.42 Å². The lowest BCUT2D eigenvalue weighted by Crippen LogP contribution is -2.38. The number of rotatable bonds is 1. The quantitative estimate of drug-likeness (QED) is 0.533. The van der Waals surface area contributed by atoms with Crippen molar-refractivity contribution < 1.29 is 4.74 Å². The molecule has 0 unspecified atom stereocenters. The number of hydrogen-bond acceptors (Lipinski definition) is 3. The van der Waals surface area contributed by atoms with Crippen LogP contribution in [0.4, 0.5) is 0 Å². The van der Waals surface area contributed by atoms with Crippen LogP contribution >= 0.6 is 0 Å². The van der Waals surface area contributed by atoms with Crippen LogP contribution in [0, 0.1) is 11.3 Å². The maximum Gasteiger partial charge on any atom is 0.0829 e. The number of ether oxygens (including phenoxy) is 1. The van der Waals surface area contributed by atoms with E-state index in [0.717, 1.165) is 19.7 Å². The molecule has 1 heterocycles. The minimum absolute atomic E-state index is 0.128. The van der Waals surface area contributed by atoms with Gasteiger partial charge in [0.05, 0.1) is 25.2 Å². The second-order valence-corrected chi connectivity index (χ2v) is 2.06. The van der Waals surface area contributed by atoms with E-state index in [-0.39, 0.29) is 6.10 Å². The summed E-state index contributed by atoms with van der Waals surface area (Å²) in [5.41, 5.74) is 0. The minimum Gasteiger partial charge on any atom is -0.375 e. The van der Waals surface area contributed by atoms with E-state index in [4.69, 9.17) is 10.00 Å². The number of morpholine rings is 1. The van der Waals surface area contributed by atoms with Crippen LogP contribution in [0.3, 0.4) is 0 Å². The first-order valence-electron chi connectivity index (χ1n) is 3.13. The molecule has 0 aliphatic carbocycles. The van der Waals surface area contributed by atoms with Crippen molar-refractivity contribution in [3.63, 3.8) is 0 Å². The fourth-order valence-electron chi connectivity index (χ4n) is 0.853. The monoisotopic (exact) mass is 126 g/mol. The Morgan fingerprint density at radius 1 is 1.78 bits per heavy atom. The van der Waals surface area contributed by atoms with Gasteiger partial charge in [0.25, 0.3) is 0 Å². The molecule has 1 N–H and O–H groups in total. The van der Waals surface area contributed by atoms with Gasteiger partial charge in [0.1, 0.15) is 0 Å². The molecular formula is C6H10N2O. The molecule has 0 aromatic carbocycles. The Kier molecular flexibility index (Phi) is 2.49. The van der Waals surface area contributed by atoms with Crippen molar-refractivity contribution in [1.29, 1.82) is 5.26 Å². The van der Waals surface area contributed by atoms with Crippen LogP contribution in [0.5, 0.6) is 0 Å². The van der Waals surface area contributed by atoms with Gasteiger partial charge in [-0.15, -0.1) is 0 Å². The highest BCUT2D eigenvalue weighted by molar-refractivity contribution is 4.79. The Labute approximate surface area is 54.6 Å². The molecule has 0 amide bonds. The lowest BCUT2D eigenvalue weighted by Gasteiger charge is -2.20. The molecule has 1 atom stereocenters. The van der Waals surface area contributed by atoms with Crippen molar-refractivity contribution in [3.05, 3.63) is 0 Å². The molecule has 1 fully saturated rings. The molecule has 0 radical (unpaired) electrons. The second-order valence-electron chi connectivity index (χ2n) is 2.06. The van der Waals surface area contributed by atoms with Crippen molar-refractivity contribution in [3.8, 4) is 6.07 Å². The van der Waals surface area contributed by atoms with Gasteiger partial charge in [0, 0.05) is 13.1 Å². The van der Waals surface area contributed by atoms with E-state index >= 15 is 0 Å². The molecule has 1 saturated heterocycles. The third-order valence-electron chi connectivity index (χ3n) is 1.32. The maximum atomic E-state index is 8.26. The van der Waals surface area contributed by atoms with E-state index in [1.807, 2.05) is 0 Å². The third-order valence-corrected chi connectivity index (χ3v) is 1.32. The predicted molar refractivity (Wildman–Crippen MR) is 32.8 cm³/mol. The van der Waals surface area contributed by atoms with Gasteiger partial charge in [-0.25, -0.2) is 0 Å². The molecule has 1 aliphatic heterocycles. The van der Waals surface area contributed by atoms with Crippen LogP contribution in [0.15, 0.2) is 0 Å². The zero-order valence-corrected chi connectivity index (χ0v) is 5.26. The Morgan fingerprint density at radius 3 is 3.22 bits per heavy atom. The van der Waals surface area contributed by atoms with E-state index < -0.39 is 0 Å². The first-order chi connectivity index (χ1) is 4.43. The summed E-state index contributed by atoms with van der Waals surface area (Å²) in [5, 5.41) is 11.4. The molecule has 9 heavy (non-hydrogen) atoms. The molecule has 0 saturated carbocycles. The summed E-state index contributed by atoms with van der Waals surface area (Å²) in [7, 11) is 0. The fraction of sp³-hybridized carbons (Fsp3) is 0.833. The number of hydrogen-bond donors (Lipinski definition) is 1. The lowest BCUT2D eigenvalue weighted by molar-refractivity contribution is 0.0319. The molecule has 0 aromatic heterocycles. The van der Waals surface area contributed by atoms with Crippen LogP contribution in [-0.2, 0) is 4.74 Å². The normalized spacial score (nSPS) is 27.2. The third kappa shape index (κ3) is 2.00. The van der Waals surface area contributed by atoms with E-state index in [9.17, 15) is 0 Å². The van der Waals surface area contributed by atoms with Gasteiger partial charge >= 0.3 is 0 Å². The number of nitrogens with zero attached hydrogens (tertiary/aromatic N) is 1. The zero-order chi connectivity index (χ0) is 6.53. The SMILES string of the molecule is N#CC[C@H]1CNCCO1. The number of nitrogens with one attached hydrogen (secondary N) is 1. The number of nitriles is 1. The van der Waals surface area contributed by atoms with Gasteiger partial charge in [0.15, 0.2) is 0 Å². The minimum atomic E-state index is 0.128. The Balaban J connectivity index is 2.17. The first-order valence-corrected chi connectivity index (χ1v) is 3.13. The topological polar surface area (TPSA) is 45.0 Å². The highest BCUT2D eigenvalue weighted by Gasteiger charge is 2.11. The van der Waals surface area contributed by atoms with Crippen molar-refractivity contribution in [1.82, 2.24) is 5.32 Å². The van der Waals surface area contributed by atoms with Crippen molar-refractivity contribution in [2.75, 3.05) is 19.7 Å². The first kappa shape index (κ1) is 6.53. The Bertz CT molecular complexity index is 113. The standard InChI is InChI=1S/C6H10N2O/c7-2-1-6-5-8-3-4-9-6/h6,8H,1,3-5H2/t6-/m0/s1. The molecular weight excluding hydrogens is 116 g/mol. The van der Waals surface area contributed by atoms with Crippen LogP contribution in [0.2, 0.25) is 0 Å². The Hall–Kier alpha value is -0.590. The molecule has 1 aliphatic rings. The highest BCUT2D eigenvalue weighted by atomic mass is 16.5. The summed E-state index contributed by atoms with van der Waals surface area (Å²) in [6.45, 7) is 2.49. The largest absolute Gasteiger partial charge is 0.375 e. The fourth-order valence-corrected chi connectivity index (χ4v) is 0.853. The van der Waals surface area contributed by atoms with Gasteiger partial charge in [0.2, 0.25) is 0 Å². The highest BCUT2D eigenvalue weighted by Crippen LogP contribution is 1.98. The summed E-state index contributed by atoms with van der Waals surface area (Å²) in [6, 6.07) is 2.07. The molecule has 0 bridgehead atoms. The molecule has 3 nitrogen and oxygen atoms in total. The van der Waals surface area contributed by atoms with Gasteiger partial charge in [-0.2, -0.15) is 5.26 Å². The molecule has 1 rings (SSSR count). The average Bonchev–Trinajstić information content (AvgIpc) is 1.91. The smallest absolute Gasteiger partial charge is 0.0829 e. The second kappa shape index (κ2) is 3.44. The van der Waals surface area contributed by atoms with Crippen LogP contribution in [-0.4, -0.2) is 25.8 Å². The molecule has 0 aromatic rings. The lowest BCUT2D eigenvalue weighted by atomic mass is 10.2. The summed E-state index contributed by atoms with van der Waals surface area (Å²) in [6.07, 6.45) is 0.635. The Morgan fingerprint density at radius 2 is 2.67 bits per heavy atom. The van der Waals surface area contributed by atoms with Gasteiger partial charge in [-0.05, 0) is 0 Å². The van der Waals surface area contributed by atoms with Crippen molar-refractivity contribution in [2.24, 2.45) is 0 Å². The average molecular weight is 126 g/mol. The van der Waals surface area contributed by atoms with Crippen molar-refractivity contribution >= 4 is 0 Å². The van der Waals surface area contributed by atoms with Gasteiger partial charge in [-0.1, -0.05) is 0 Å². The summed E-state index contributed by atoms with van der Waals surface area (Å²) < 4.78 is 5.23. The van der Waals surface area contributed by atoms with Gasteiger partial charge in [-0.3, -0.25) is 0 Å². The summed E-state index contributed by atoms with van der Waals surface area (Å²) in [5.74, 6) is 0. The van der Waals surface area contributed by atoms with E-state index in [1.165, 1.54) is 0 Å².